The summed E-state index contributed by atoms with van der Waals surface area (Å²) in [6, 6.07) is 13.0. The highest BCUT2D eigenvalue weighted by Crippen LogP contribution is 2.25. The Bertz CT molecular complexity index is 746. The Kier molecular flexibility index (Phi) is 3.39. The van der Waals surface area contributed by atoms with Gasteiger partial charge >= 0.3 is 0 Å². The van der Waals surface area contributed by atoms with Crippen LogP contribution >= 0.6 is 0 Å². The molecule has 0 saturated carbocycles. The van der Waals surface area contributed by atoms with Gasteiger partial charge in [-0.15, -0.1) is 0 Å². The second-order valence-corrected chi connectivity index (χ2v) is 4.77. The summed E-state index contributed by atoms with van der Waals surface area (Å²) in [5.74, 6) is -1.30. The number of aromatic nitrogens is 2. The van der Waals surface area contributed by atoms with E-state index in [9.17, 15) is 8.78 Å². The molecule has 5 heteroatoms. The molecule has 1 heterocycles. The van der Waals surface area contributed by atoms with Crippen LogP contribution in [0.25, 0.3) is 11.3 Å². The third kappa shape index (κ3) is 2.91. The van der Waals surface area contributed by atoms with E-state index in [0.29, 0.717) is 23.5 Å². The van der Waals surface area contributed by atoms with Crippen molar-refractivity contribution in [3.63, 3.8) is 0 Å². The summed E-state index contributed by atoms with van der Waals surface area (Å²) in [5, 5.41) is 4.32. The molecule has 0 spiro atoms. The van der Waals surface area contributed by atoms with Gasteiger partial charge in [0.2, 0.25) is 0 Å². The number of halogens is 2. The van der Waals surface area contributed by atoms with Crippen LogP contribution in [-0.2, 0) is 6.54 Å². The first-order chi connectivity index (χ1) is 10.1. The molecule has 0 aliphatic heterocycles. The van der Waals surface area contributed by atoms with Crippen LogP contribution in [-0.4, -0.2) is 9.78 Å². The normalized spacial score (nSPS) is 10.8. The van der Waals surface area contributed by atoms with E-state index in [1.807, 2.05) is 30.3 Å². The topological polar surface area (TPSA) is 43.8 Å². The van der Waals surface area contributed by atoms with E-state index in [1.54, 1.807) is 10.9 Å². The molecular formula is C16H13F2N3. The van der Waals surface area contributed by atoms with E-state index in [2.05, 4.69) is 5.10 Å². The average Bonchev–Trinajstić information content (AvgIpc) is 2.79. The van der Waals surface area contributed by atoms with Crippen molar-refractivity contribution in [2.24, 2.45) is 0 Å². The van der Waals surface area contributed by atoms with E-state index in [-0.39, 0.29) is 0 Å². The molecule has 0 bridgehead atoms. The molecule has 2 aromatic carbocycles. The molecule has 106 valence electrons. The van der Waals surface area contributed by atoms with Crippen molar-refractivity contribution < 1.29 is 8.78 Å². The first-order valence-electron chi connectivity index (χ1n) is 6.45. The van der Waals surface area contributed by atoms with Crippen LogP contribution < -0.4 is 5.73 Å². The monoisotopic (exact) mass is 285 g/mol. The van der Waals surface area contributed by atoms with Crippen LogP contribution in [0.3, 0.4) is 0 Å². The van der Waals surface area contributed by atoms with Crippen LogP contribution in [0.5, 0.6) is 0 Å². The van der Waals surface area contributed by atoms with Crippen LogP contribution in [0.1, 0.15) is 5.56 Å². The number of nitrogens with two attached hydrogens (primary N) is 1. The molecule has 0 aliphatic rings. The van der Waals surface area contributed by atoms with Gasteiger partial charge in [-0.25, -0.2) is 8.78 Å². The Balaban J connectivity index is 1.94. The molecule has 21 heavy (non-hydrogen) atoms. The minimum Gasteiger partial charge on any atom is -0.396 e. The summed E-state index contributed by atoms with van der Waals surface area (Å²) >= 11 is 0. The highest BCUT2D eigenvalue weighted by atomic mass is 19.1. The Labute approximate surface area is 120 Å². The minimum atomic E-state index is -0.651. The zero-order valence-corrected chi connectivity index (χ0v) is 11.1. The van der Waals surface area contributed by atoms with Crippen molar-refractivity contribution in [2.75, 3.05) is 5.73 Å². The third-order valence-corrected chi connectivity index (χ3v) is 3.11. The lowest BCUT2D eigenvalue weighted by atomic mass is 10.1. The Morgan fingerprint density at radius 2 is 1.67 bits per heavy atom. The predicted molar refractivity (Wildman–Crippen MR) is 77.5 cm³/mol. The fourth-order valence-corrected chi connectivity index (χ4v) is 2.20. The van der Waals surface area contributed by atoms with Crippen molar-refractivity contribution >= 4 is 5.69 Å². The lowest BCUT2D eigenvalue weighted by Gasteiger charge is -2.01. The minimum absolute atomic E-state index is 0.330. The maximum atomic E-state index is 13.3. The van der Waals surface area contributed by atoms with Crippen molar-refractivity contribution in [3.05, 3.63) is 71.9 Å². The Morgan fingerprint density at radius 1 is 1.00 bits per heavy atom. The third-order valence-electron chi connectivity index (χ3n) is 3.11. The molecule has 2 N–H and O–H groups in total. The van der Waals surface area contributed by atoms with Gasteiger partial charge in [0, 0.05) is 17.8 Å². The number of nitrogen functional groups attached to an aromatic ring is 1. The van der Waals surface area contributed by atoms with Gasteiger partial charge in [0.25, 0.3) is 0 Å². The van der Waals surface area contributed by atoms with E-state index in [1.165, 1.54) is 12.1 Å². The molecule has 1 aromatic heterocycles. The van der Waals surface area contributed by atoms with Gasteiger partial charge in [-0.2, -0.15) is 5.10 Å². The average molecular weight is 285 g/mol. The second kappa shape index (κ2) is 5.36. The zero-order valence-electron chi connectivity index (χ0n) is 11.1. The summed E-state index contributed by atoms with van der Waals surface area (Å²) in [7, 11) is 0. The number of rotatable bonds is 3. The SMILES string of the molecule is Nc1cn(Cc2ccccc2)nc1-c1cc(F)cc(F)c1. The van der Waals surface area contributed by atoms with Crippen LogP contribution in [0.4, 0.5) is 14.5 Å². The number of hydrogen-bond acceptors (Lipinski definition) is 2. The smallest absolute Gasteiger partial charge is 0.126 e. The quantitative estimate of drug-likeness (QED) is 0.801. The fraction of sp³-hybridized carbons (Fsp3) is 0.0625. The van der Waals surface area contributed by atoms with E-state index >= 15 is 0 Å². The maximum absolute atomic E-state index is 13.3. The molecule has 3 rings (SSSR count). The molecule has 0 unspecified atom stereocenters. The largest absolute Gasteiger partial charge is 0.396 e. The maximum Gasteiger partial charge on any atom is 0.126 e. The molecule has 0 amide bonds. The summed E-state index contributed by atoms with van der Waals surface area (Å²) < 4.78 is 28.2. The van der Waals surface area contributed by atoms with Crippen molar-refractivity contribution in [3.8, 4) is 11.3 Å². The Morgan fingerprint density at radius 3 is 2.33 bits per heavy atom. The zero-order chi connectivity index (χ0) is 14.8. The molecule has 0 aliphatic carbocycles. The van der Waals surface area contributed by atoms with Crippen molar-refractivity contribution in [2.45, 2.75) is 6.54 Å². The van der Waals surface area contributed by atoms with Crippen LogP contribution in [0.2, 0.25) is 0 Å². The van der Waals surface area contributed by atoms with Crippen LogP contribution in [0, 0.1) is 11.6 Å². The highest BCUT2D eigenvalue weighted by Gasteiger charge is 2.11. The number of hydrogen-bond donors (Lipinski definition) is 1. The van der Waals surface area contributed by atoms with E-state index < -0.39 is 11.6 Å². The number of benzene rings is 2. The molecule has 3 aromatic rings. The molecular weight excluding hydrogens is 272 g/mol. The summed E-state index contributed by atoms with van der Waals surface area (Å²) in [6.07, 6.45) is 1.66. The Hall–Kier alpha value is -2.69. The lowest BCUT2D eigenvalue weighted by molar-refractivity contribution is 0.584. The van der Waals surface area contributed by atoms with Gasteiger partial charge in [0.1, 0.15) is 17.3 Å². The molecule has 3 nitrogen and oxygen atoms in total. The second-order valence-electron chi connectivity index (χ2n) is 4.77. The standard InChI is InChI=1S/C16H13F2N3/c17-13-6-12(7-14(18)8-13)16-15(19)10-21(20-16)9-11-4-2-1-3-5-11/h1-8,10H,9,19H2. The van der Waals surface area contributed by atoms with Gasteiger partial charge < -0.3 is 5.73 Å². The summed E-state index contributed by atoms with van der Waals surface area (Å²) in [6.45, 7) is 0.544. The van der Waals surface area contributed by atoms with Gasteiger partial charge in [0.05, 0.1) is 12.2 Å². The molecule has 0 saturated heterocycles. The molecule has 0 atom stereocenters. The van der Waals surface area contributed by atoms with Gasteiger partial charge in [0.15, 0.2) is 0 Å². The van der Waals surface area contributed by atoms with Gasteiger partial charge in [-0.3, -0.25) is 4.68 Å². The number of nitrogens with zero attached hydrogens (tertiary/aromatic N) is 2. The predicted octanol–water partition coefficient (Wildman–Crippen LogP) is 3.46. The first-order valence-corrected chi connectivity index (χ1v) is 6.45. The van der Waals surface area contributed by atoms with Crippen molar-refractivity contribution in [1.82, 2.24) is 9.78 Å². The number of anilines is 1. The van der Waals surface area contributed by atoms with Crippen LogP contribution in [0.15, 0.2) is 54.7 Å². The van der Waals surface area contributed by atoms with E-state index in [0.717, 1.165) is 11.6 Å². The van der Waals surface area contributed by atoms with E-state index in [4.69, 9.17) is 5.73 Å². The van der Waals surface area contributed by atoms with Gasteiger partial charge in [-0.05, 0) is 17.7 Å². The fourth-order valence-electron chi connectivity index (χ4n) is 2.20. The van der Waals surface area contributed by atoms with Crippen molar-refractivity contribution in [1.29, 1.82) is 0 Å². The highest BCUT2D eigenvalue weighted by molar-refractivity contribution is 5.71. The molecule has 0 radical (unpaired) electrons. The summed E-state index contributed by atoms with van der Waals surface area (Å²) in [5.41, 5.74) is 8.06. The molecule has 0 fully saturated rings. The van der Waals surface area contributed by atoms with Gasteiger partial charge in [-0.1, -0.05) is 30.3 Å². The summed E-state index contributed by atoms with van der Waals surface area (Å²) in [4.78, 5) is 0. The lowest BCUT2D eigenvalue weighted by Crippen LogP contribution is -2.00. The first kappa shape index (κ1) is 13.3.